The predicted octanol–water partition coefficient (Wildman–Crippen LogP) is 6.95. The summed E-state index contributed by atoms with van der Waals surface area (Å²) in [6.45, 7) is 4.52. The van der Waals surface area contributed by atoms with Crippen molar-refractivity contribution in [1.82, 2.24) is 0 Å². The van der Waals surface area contributed by atoms with Crippen LogP contribution in [0.5, 0.6) is 0 Å². The normalized spacial score (nSPS) is 12.9. The van der Waals surface area contributed by atoms with Gasteiger partial charge >= 0.3 is 0 Å². The summed E-state index contributed by atoms with van der Waals surface area (Å²) in [7, 11) is 0. The molecule has 0 aliphatic carbocycles. The molecule has 0 heteroatoms. The number of hydrogen-bond acceptors (Lipinski definition) is 0. The van der Waals surface area contributed by atoms with Gasteiger partial charge in [0.2, 0.25) is 0 Å². The second-order valence-electron chi connectivity index (χ2n) is 6.22. The van der Waals surface area contributed by atoms with E-state index in [2.05, 4.69) is 56.3 Å². The summed E-state index contributed by atoms with van der Waals surface area (Å²) in [5.74, 6) is 0.886. The van der Waals surface area contributed by atoms with Gasteiger partial charge in [-0.2, -0.15) is 0 Å². The zero-order chi connectivity index (χ0) is 15.2. The highest BCUT2D eigenvalue weighted by Gasteiger charge is 2.08. The van der Waals surface area contributed by atoms with E-state index >= 15 is 0 Å². The summed E-state index contributed by atoms with van der Waals surface area (Å²) in [5.41, 5.74) is 1.51. The van der Waals surface area contributed by atoms with E-state index in [1.165, 1.54) is 69.8 Å². The predicted molar refractivity (Wildman–Crippen MR) is 95.7 cm³/mol. The molecule has 1 atom stereocenters. The lowest BCUT2D eigenvalue weighted by atomic mass is 9.90. The van der Waals surface area contributed by atoms with Gasteiger partial charge in [0.25, 0.3) is 0 Å². The monoisotopic (exact) mass is 286 g/mol. The van der Waals surface area contributed by atoms with Crippen molar-refractivity contribution in [2.75, 3.05) is 0 Å². The molecule has 0 bridgehead atoms. The highest BCUT2D eigenvalue weighted by molar-refractivity contribution is 5.15. The Kier molecular flexibility index (Phi) is 10.9. The highest BCUT2D eigenvalue weighted by Crippen LogP contribution is 2.21. The third kappa shape index (κ3) is 9.50. The molecule has 0 fully saturated rings. The Morgan fingerprint density at radius 1 is 0.857 bits per heavy atom. The van der Waals surface area contributed by atoms with Crippen molar-refractivity contribution in [3.8, 4) is 0 Å². The molecule has 0 amide bonds. The smallest absolute Gasteiger partial charge is 0.0250 e. The van der Waals surface area contributed by atoms with Gasteiger partial charge in [0.1, 0.15) is 0 Å². The highest BCUT2D eigenvalue weighted by atomic mass is 14.1. The van der Waals surface area contributed by atoms with Gasteiger partial charge in [-0.15, -0.1) is 0 Å². The summed E-state index contributed by atoms with van der Waals surface area (Å²) in [6.07, 6.45) is 18.1. The summed E-state index contributed by atoms with van der Waals surface area (Å²) in [4.78, 5) is 0. The Balaban J connectivity index is 2.15. The molecule has 0 aliphatic heterocycles. The Morgan fingerprint density at radius 3 is 2.33 bits per heavy atom. The van der Waals surface area contributed by atoms with Crippen molar-refractivity contribution in [2.24, 2.45) is 5.92 Å². The summed E-state index contributed by atoms with van der Waals surface area (Å²) in [6, 6.07) is 11.0. The van der Waals surface area contributed by atoms with E-state index in [0.717, 1.165) is 5.92 Å². The molecule has 118 valence electrons. The summed E-state index contributed by atoms with van der Waals surface area (Å²) >= 11 is 0. The molecule has 1 rings (SSSR count). The van der Waals surface area contributed by atoms with Crippen LogP contribution < -0.4 is 0 Å². The van der Waals surface area contributed by atoms with Crippen molar-refractivity contribution < 1.29 is 0 Å². The van der Waals surface area contributed by atoms with Crippen molar-refractivity contribution in [3.05, 3.63) is 48.0 Å². The topological polar surface area (TPSA) is 0 Å². The number of rotatable bonds is 12. The molecule has 0 saturated heterocycles. The molecule has 1 unspecified atom stereocenters. The standard InChI is InChI=1S/C21H34/c1-3-5-6-7-8-9-10-12-16-20(15-4-2)19-21-17-13-11-14-18-21/h5-6,11,13-14,17-18,20H,3-4,7-10,12,15-16,19H2,1-2H3. The van der Waals surface area contributed by atoms with E-state index < -0.39 is 0 Å². The van der Waals surface area contributed by atoms with E-state index in [9.17, 15) is 0 Å². The van der Waals surface area contributed by atoms with Crippen LogP contribution in [0.15, 0.2) is 42.5 Å². The van der Waals surface area contributed by atoms with Crippen LogP contribution in [0.2, 0.25) is 0 Å². The maximum absolute atomic E-state index is 2.34. The fourth-order valence-electron chi connectivity index (χ4n) is 3.04. The maximum Gasteiger partial charge on any atom is -0.0250 e. The van der Waals surface area contributed by atoms with Crippen LogP contribution in [0, 0.1) is 5.92 Å². The van der Waals surface area contributed by atoms with Gasteiger partial charge in [-0.05, 0) is 37.2 Å². The van der Waals surface area contributed by atoms with Gasteiger partial charge in [-0.3, -0.25) is 0 Å². The number of hydrogen-bond donors (Lipinski definition) is 0. The second-order valence-corrected chi connectivity index (χ2v) is 6.22. The Bertz CT molecular complexity index is 350. The van der Waals surface area contributed by atoms with E-state index in [1.807, 2.05) is 0 Å². The van der Waals surface area contributed by atoms with Crippen LogP contribution in [0.3, 0.4) is 0 Å². The zero-order valence-electron chi connectivity index (χ0n) is 14.2. The SMILES string of the molecule is CCC=CCCCCCCC(CCC)Cc1ccccc1. The molecule has 0 radical (unpaired) electrons. The average Bonchev–Trinajstić information content (AvgIpc) is 2.51. The lowest BCUT2D eigenvalue weighted by Gasteiger charge is -2.16. The van der Waals surface area contributed by atoms with Crippen LogP contribution in [0.25, 0.3) is 0 Å². The van der Waals surface area contributed by atoms with E-state index in [-0.39, 0.29) is 0 Å². The first-order valence-corrected chi connectivity index (χ1v) is 9.05. The van der Waals surface area contributed by atoms with Gasteiger partial charge in [-0.1, -0.05) is 94.9 Å². The number of allylic oxidation sites excluding steroid dienone is 2. The quantitative estimate of drug-likeness (QED) is 0.288. The largest absolute Gasteiger partial charge is 0.0888 e. The Labute approximate surface area is 132 Å². The molecule has 0 nitrogen and oxygen atoms in total. The minimum Gasteiger partial charge on any atom is -0.0888 e. The lowest BCUT2D eigenvalue weighted by Crippen LogP contribution is -2.04. The van der Waals surface area contributed by atoms with Crippen LogP contribution in [0.1, 0.15) is 77.2 Å². The molecule has 0 spiro atoms. The molecular formula is C21H34. The molecule has 0 saturated carbocycles. The van der Waals surface area contributed by atoms with Crippen LogP contribution in [0.4, 0.5) is 0 Å². The van der Waals surface area contributed by atoms with Gasteiger partial charge in [0, 0.05) is 0 Å². The van der Waals surface area contributed by atoms with Crippen LogP contribution in [-0.2, 0) is 6.42 Å². The molecule has 1 aromatic carbocycles. The zero-order valence-corrected chi connectivity index (χ0v) is 14.2. The van der Waals surface area contributed by atoms with E-state index in [1.54, 1.807) is 0 Å². The van der Waals surface area contributed by atoms with Crippen molar-refractivity contribution in [1.29, 1.82) is 0 Å². The third-order valence-electron chi connectivity index (χ3n) is 4.20. The first-order chi connectivity index (χ1) is 10.4. The Morgan fingerprint density at radius 2 is 1.62 bits per heavy atom. The second kappa shape index (κ2) is 12.7. The Hall–Kier alpha value is -1.04. The lowest BCUT2D eigenvalue weighted by molar-refractivity contribution is 0.418. The maximum atomic E-state index is 2.34. The van der Waals surface area contributed by atoms with Gasteiger partial charge in [-0.25, -0.2) is 0 Å². The van der Waals surface area contributed by atoms with E-state index in [4.69, 9.17) is 0 Å². The third-order valence-corrected chi connectivity index (χ3v) is 4.20. The number of benzene rings is 1. The molecule has 21 heavy (non-hydrogen) atoms. The van der Waals surface area contributed by atoms with E-state index in [0.29, 0.717) is 0 Å². The summed E-state index contributed by atoms with van der Waals surface area (Å²) < 4.78 is 0. The first-order valence-electron chi connectivity index (χ1n) is 9.05. The van der Waals surface area contributed by atoms with Gasteiger partial charge in [0.05, 0.1) is 0 Å². The fraction of sp³-hybridized carbons (Fsp3) is 0.619. The number of unbranched alkanes of at least 4 members (excludes halogenated alkanes) is 4. The minimum absolute atomic E-state index is 0.886. The first kappa shape index (κ1) is 18.0. The molecule has 1 aromatic rings. The summed E-state index contributed by atoms with van der Waals surface area (Å²) in [5, 5.41) is 0. The molecular weight excluding hydrogens is 252 g/mol. The average molecular weight is 287 g/mol. The minimum atomic E-state index is 0.886. The molecule has 0 N–H and O–H groups in total. The van der Waals surface area contributed by atoms with Crippen molar-refractivity contribution >= 4 is 0 Å². The van der Waals surface area contributed by atoms with Gasteiger partial charge < -0.3 is 0 Å². The molecule has 0 aromatic heterocycles. The van der Waals surface area contributed by atoms with Gasteiger partial charge in [0.15, 0.2) is 0 Å². The van der Waals surface area contributed by atoms with Crippen molar-refractivity contribution in [2.45, 2.75) is 78.1 Å². The molecule has 0 aliphatic rings. The van der Waals surface area contributed by atoms with Crippen LogP contribution >= 0.6 is 0 Å². The fourth-order valence-corrected chi connectivity index (χ4v) is 3.04. The molecule has 0 heterocycles. The van der Waals surface area contributed by atoms with Crippen LogP contribution in [-0.4, -0.2) is 0 Å². The van der Waals surface area contributed by atoms with Crippen molar-refractivity contribution in [3.63, 3.8) is 0 Å².